The molecule has 4 rings (SSSR count). The zero-order chi connectivity index (χ0) is 27.8. The first kappa shape index (κ1) is 28.0. The molecule has 202 valence electrons. The summed E-state index contributed by atoms with van der Waals surface area (Å²) >= 11 is 7.48. The summed E-state index contributed by atoms with van der Waals surface area (Å²) in [6, 6.07) is 10.5. The third-order valence-electron chi connectivity index (χ3n) is 6.43. The van der Waals surface area contributed by atoms with Crippen LogP contribution in [0.1, 0.15) is 46.6 Å². The number of hydrogen-bond donors (Lipinski definition) is 2. The highest BCUT2D eigenvalue weighted by molar-refractivity contribution is 7.99. The topological polar surface area (TPSA) is 87.5 Å². The summed E-state index contributed by atoms with van der Waals surface area (Å²) in [4.78, 5) is 27.7. The van der Waals surface area contributed by atoms with Crippen molar-refractivity contribution >= 4 is 41.1 Å². The number of anilines is 1. The summed E-state index contributed by atoms with van der Waals surface area (Å²) in [6.45, 7) is 9.82. The van der Waals surface area contributed by atoms with Gasteiger partial charge in [0.05, 0.1) is 29.9 Å². The molecular weight excluding hydrogens is 527 g/mol. The van der Waals surface area contributed by atoms with E-state index in [0.29, 0.717) is 38.9 Å². The van der Waals surface area contributed by atoms with Crippen LogP contribution in [-0.2, 0) is 16.9 Å². The van der Waals surface area contributed by atoms with Crippen molar-refractivity contribution in [2.24, 2.45) is 5.92 Å². The molecule has 2 aromatic carbocycles. The van der Waals surface area contributed by atoms with Crippen molar-refractivity contribution in [1.82, 2.24) is 15.1 Å². The monoisotopic (exact) mass is 558 g/mol. The number of halogens is 2. The Kier molecular flexibility index (Phi) is 7.81. The highest BCUT2D eigenvalue weighted by Gasteiger charge is 2.36. The summed E-state index contributed by atoms with van der Waals surface area (Å²) in [5, 5.41) is 16.8. The zero-order valence-electron chi connectivity index (χ0n) is 22.1. The van der Waals surface area contributed by atoms with Crippen LogP contribution in [0.5, 0.6) is 0 Å². The van der Waals surface area contributed by atoms with E-state index in [2.05, 4.69) is 10.4 Å². The molecule has 38 heavy (non-hydrogen) atoms. The van der Waals surface area contributed by atoms with Gasteiger partial charge in [-0.1, -0.05) is 23.7 Å². The molecule has 2 amide bonds. The number of benzene rings is 2. The molecule has 0 unspecified atom stereocenters. The van der Waals surface area contributed by atoms with Gasteiger partial charge in [0.2, 0.25) is 5.91 Å². The number of rotatable bonds is 6. The second kappa shape index (κ2) is 10.6. The molecule has 10 heteroatoms. The summed E-state index contributed by atoms with van der Waals surface area (Å²) < 4.78 is 17.2. The van der Waals surface area contributed by atoms with E-state index in [1.165, 1.54) is 17.8 Å². The Balaban J connectivity index is 1.77. The minimum absolute atomic E-state index is 0.144. The number of nitrogens with zero attached hydrogens (tertiary/aromatic N) is 3. The standard InChI is InChI=1S/C28H32ClFN4O3S/c1-27(2,3)34-15-19(13-31-34)21-10-23-24(11-22(21)30)38-16-18(12-28(4,5)32-26(36)37)25(35)33(23)14-17-6-8-20(29)9-7-17/h6-11,13,15,18,32H,12,14,16H2,1-5H3,(H,36,37)/t18-/m0/s1. The van der Waals surface area contributed by atoms with Crippen LogP contribution in [0.25, 0.3) is 11.1 Å². The summed E-state index contributed by atoms with van der Waals surface area (Å²) in [7, 11) is 0. The average Bonchev–Trinajstić information content (AvgIpc) is 3.27. The molecule has 1 atom stereocenters. The van der Waals surface area contributed by atoms with Crippen molar-refractivity contribution in [3.05, 3.63) is 65.2 Å². The van der Waals surface area contributed by atoms with Crippen LogP contribution in [0.3, 0.4) is 0 Å². The normalized spacial score (nSPS) is 16.2. The molecule has 0 fully saturated rings. The maximum Gasteiger partial charge on any atom is 0.405 e. The summed E-state index contributed by atoms with van der Waals surface area (Å²) in [6.07, 6.45) is 2.59. The van der Waals surface area contributed by atoms with E-state index in [0.717, 1.165) is 5.56 Å². The number of carbonyl (C=O) groups is 2. The Labute approximate surface area is 231 Å². The van der Waals surface area contributed by atoms with Crippen LogP contribution >= 0.6 is 23.4 Å². The van der Waals surface area contributed by atoms with Gasteiger partial charge in [0.1, 0.15) is 5.82 Å². The summed E-state index contributed by atoms with van der Waals surface area (Å²) in [5.74, 6) is -0.630. The largest absolute Gasteiger partial charge is 0.465 e. The van der Waals surface area contributed by atoms with Gasteiger partial charge < -0.3 is 15.3 Å². The minimum atomic E-state index is -1.15. The first-order valence-electron chi connectivity index (χ1n) is 12.3. The van der Waals surface area contributed by atoms with Crippen molar-refractivity contribution in [2.75, 3.05) is 10.7 Å². The quantitative estimate of drug-likeness (QED) is 0.348. The average molecular weight is 559 g/mol. The van der Waals surface area contributed by atoms with Gasteiger partial charge in [0, 0.05) is 38.5 Å². The smallest absolute Gasteiger partial charge is 0.405 e. The molecule has 1 aliphatic heterocycles. The molecule has 0 aliphatic carbocycles. The van der Waals surface area contributed by atoms with Crippen LogP contribution in [0.2, 0.25) is 5.02 Å². The Bertz CT molecular complexity index is 1350. The molecule has 3 aromatic rings. The number of hydrogen-bond acceptors (Lipinski definition) is 4. The van der Waals surface area contributed by atoms with Gasteiger partial charge in [-0.3, -0.25) is 9.48 Å². The molecular formula is C28H32ClFN4O3S. The SMILES string of the molecule is CC(C)(C[C@H]1CSc2cc(F)c(-c3cnn(C(C)(C)C)c3)cc2N(Cc2ccc(Cl)cc2)C1=O)NC(=O)O. The second-order valence-electron chi connectivity index (χ2n) is 11.2. The second-order valence-corrected chi connectivity index (χ2v) is 12.7. The van der Waals surface area contributed by atoms with Crippen molar-refractivity contribution in [3.63, 3.8) is 0 Å². The molecule has 7 nitrogen and oxygen atoms in total. The number of thioether (sulfide) groups is 1. The van der Waals surface area contributed by atoms with E-state index >= 15 is 4.39 Å². The molecule has 1 aliphatic rings. The molecule has 0 bridgehead atoms. The molecule has 1 aromatic heterocycles. The van der Waals surface area contributed by atoms with E-state index in [9.17, 15) is 14.7 Å². The maximum absolute atomic E-state index is 15.5. The molecule has 2 heterocycles. The molecule has 0 spiro atoms. The van der Waals surface area contributed by atoms with Gasteiger partial charge in [0.25, 0.3) is 0 Å². The number of carbonyl (C=O) groups excluding carboxylic acids is 1. The lowest BCUT2D eigenvalue weighted by Gasteiger charge is -2.31. The Hall–Kier alpha value is -3.04. The predicted molar refractivity (Wildman–Crippen MR) is 149 cm³/mol. The van der Waals surface area contributed by atoms with E-state index in [-0.39, 0.29) is 18.0 Å². The van der Waals surface area contributed by atoms with E-state index in [4.69, 9.17) is 11.6 Å². The first-order valence-corrected chi connectivity index (χ1v) is 13.7. The van der Waals surface area contributed by atoms with Crippen molar-refractivity contribution in [3.8, 4) is 11.1 Å². The Morgan fingerprint density at radius 1 is 1.21 bits per heavy atom. The zero-order valence-corrected chi connectivity index (χ0v) is 23.7. The highest BCUT2D eigenvalue weighted by Crippen LogP contribution is 2.42. The summed E-state index contributed by atoms with van der Waals surface area (Å²) in [5.41, 5.74) is 1.37. The number of amides is 2. The fraction of sp³-hybridized carbons (Fsp3) is 0.393. The maximum atomic E-state index is 15.5. The van der Waals surface area contributed by atoms with E-state index < -0.39 is 23.4 Å². The molecule has 0 radical (unpaired) electrons. The first-order chi connectivity index (χ1) is 17.7. The van der Waals surface area contributed by atoms with E-state index in [1.54, 1.807) is 47.8 Å². The third-order valence-corrected chi connectivity index (χ3v) is 7.89. The van der Waals surface area contributed by atoms with Crippen molar-refractivity contribution < 1.29 is 19.1 Å². The van der Waals surface area contributed by atoms with Gasteiger partial charge in [-0.15, -0.1) is 11.8 Å². The van der Waals surface area contributed by atoms with Crippen molar-refractivity contribution in [1.29, 1.82) is 0 Å². The van der Waals surface area contributed by atoms with Gasteiger partial charge in [0.15, 0.2) is 0 Å². The van der Waals surface area contributed by atoms with Crippen molar-refractivity contribution in [2.45, 2.75) is 63.6 Å². The van der Waals surface area contributed by atoms with Crippen LogP contribution in [0, 0.1) is 11.7 Å². The van der Waals surface area contributed by atoms with Gasteiger partial charge in [-0.05, 0) is 70.9 Å². The Morgan fingerprint density at radius 3 is 2.50 bits per heavy atom. The highest BCUT2D eigenvalue weighted by atomic mass is 35.5. The molecule has 0 saturated heterocycles. The lowest BCUT2D eigenvalue weighted by Crippen LogP contribution is -2.47. The number of aromatic nitrogens is 2. The lowest BCUT2D eigenvalue weighted by atomic mass is 9.90. The third kappa shape index (κ3) is 6.32. The van der Waals surface area contributed by atoms with Crippen LogP contribution in [0.4, 0.5) is 14.9 Å². The van der Waals surface area contributed by atoms with Crippen LogP contribution in [-0.4, -0.2) is 38.2 Å². The van der Waals surface area contributed by atoms with Gasteiger partial charge in [-0.25, -0.2) is 9.18 Å². The minimum Gasteiger partial charge on any atom is -0.465 e. The lowest BCUT2D eigenvalue weighted by molar-refractivity contribution is -0.122. The van der Waals surface area contributed by atoms with E-state index in [1.807, 2.05) is 39.1 Å². The predicted octanol–water partition coefficient (Wildman–Crippen LogP) is 6.79. The number of carboxylic acid groups (broad SMARTS) is 1. The van der Waals surface area contributed by atoms with Crippen LogP contribution < -0.4 is 10.2 Å². The van der Waals surface area contributed by atoms with Gasteiger partial charge >= 0.3 is 6.09 Å². The van der Waals surface area contributed by atoms with Gasteiger partial charge in [-0.2, -0.15) is 5.10 Å². The fourth-order valence-corrected chi connectivity index (χ4v) is 5.83. The number of nitrogens with one attached hydrogen (secondary N) is 1. The molecule has 2 N–H and O–H groups in total. The fourth-order valence-electron chi connectivity index (χ4n) is 4.56. The van der Waals surface area contributed by atoms with Crippen LogP contribution in [0.15, 0.2) is 53.7 Å². The number of fused-ring (bicyclic) bond motifs is 1. The Morgan fingerprint density at radius 2 is 1.89 bits per heavy atom. The molecule has 0 saturated carbocycles.